The van der Waals surface area contributed by atoms with E-state index in [-0.39, 0.29) is 17.5 Å². The lowest BCUT2D eigenvalue weighted by Crippen LogP contribution is -2.61. The predicted molar refractivity (Wildman–Crippen MR) is 364 cm³/mol. The first kappa shape index (κ1) is 52.2. The molecule has 0 radical (unpaired) electrons. The Balaban J connectivity index is 1.11. The van der Waals surface area contributed by atoms with Gasteiger partial charge in [-0.2, -0.15) is 0 Å². The van der Waals surface area contributed by atoms with Gasteiger partial charge in [-0.1, -0.05) is 265 Å². The van der Waals surface area contributed by atoms with Crippen molar-refractivity contribution in [3.8, 4) is 61.3 Å². The van der Waals surface area contributed by atoms with Crippen LogP contribution >= 0.6 is 11.6 Å². The molecule has 408 valence electrons. The topological polar surface area (TPSA) is 11.4 Å². The molecule has 3 heterocycles. The molecule has 85 heavy (non-hydrogen) atoms. The van der Waals surface area contributed by atoms with Crippen LogP contribution in [0, 0.1) is 0 Å². The van der Waals surface area contributed by atoms with Gasteiger partial charge in [0.25, 0.3) is 6.71 Å². The predicted octanol–water partition coefficient (Wildman–Crippen LogP) is 20.4. The molecule has 3 nitrogen and oxygen atoms in total. The summed E-state index contributed by atoms with van der Waals surface area (Å²) in [6, 6.07) is 101. The van der Waals surface area contributed by atoms with Crippen molar-refractivity contribution in [2.75, 3.05) is 9.80 Å². The molecule has 0 fully saturated rings. The van der Waals surface area contributed by atoms with E-state index < -0.39 is 0 Å². The Morgan fingerprint density at radius 3 is 1.09 bits per heavy atom. The lowest BCUT2D eigenvalue weighted by Gasteiger charge is -2.46. The number of para-hydroxylation sites is 2. The minimum absolute atomic E-state index is 0.0349. The van der Waals surface area contributed by atoms with E-state index in [1.54, 1.807) is 0 Å². The van der Waals surface area contributed by atoms with Crippen LogP contribution < -0.4 is 26.2 Å². The minimum Gasteiger partial charge on any atom is -0.310 e. The Morgan fingerprint density at radius 1 is 0.318 bits per heavy atom. The second-order valence-corrected chi connectivity index (χ2v) is 25.4. The van der Waals surface area contributed by atoms with Crippen LogP contribution in [-0.4, -0.2) is 11.3 Å². The van der Waals surface area contributed by atoms with E-state index in [0.717, 1.165) is 95.4 Å². The van der Waals surface area contributed by atoms with E-state index in [2.05, 4.69) is 329 Å². The fourth-order valence-electron chi connectivity index (χ4n) is 13.6. The molecule has 1 aromatic heterocycles. The Hall–Kier alpha value is -9.61. The third-order valence-electron chi connectivity index (χ3n) is 17.7. The summed E-state index contributed by atoms with van der Waals surface area (Å²) in [6.45, 7) is 13.7. The van der Waals surface area contributed by atoms with Crippen LogP contribution in [-0.2, 0) is 10.8 Å². The summed E-state index contributed by atoms with van der Waals surface area (Å²) in [6.07, 6.45) is 0. The fraction of sp³-hybridized carbons (Fsp3) is 0.100. The second-order valence-electron chi connectivity index (χ2n) is 25.0. The van der Waals surface area contributed by atoms with Crippen molar-refractivity contribution in [2.24, 2.45) is 0 Å². The molecule has 2 aliphatic heterocycles. The molecule has 0 atom stereocenters. The molecule has 2 aliphatic rings. The van der Waals surface area contributed by atoms with E-state index in [1.807, 2.05) is 0 Å². The summed E-state index contributed by atoms with van der Waals surface area (Å²) >= 11 is 7.39. The van der Waals surface area contributed by atoms with Crippen molar-refractivity contribution in [3.63, 3.8) is 0 Å². The number of nitrogens with zero attached hydrogens (tertiary/aromatic N) is 3. The summed E-state index contributed by atoms with van der Waals surface area (Å²) in [5.41, 5.74) is 27.5. The molecule has 0 unspecified atom stereocenters. The van der Waals surface area contributed by atoms with Crippen molar-refractivity contribution in [1.29, 1.82) is 0 Å². The monoisotopic (exact) mass is 1110 g/mol. The number of anilines is 6. The van der Waals surface area contributed by atoms with E-state index in [0.29, 0.717) is 5.02 Å². The Kier molecular flexibility index (Phi) is 12.5. The van der Waals surface area contributed by atoms with Crippen LogP contribution in [0.1, 0.15) is 52.7 Å². The van der Waals surface area contributed by atoms with Crippen molar-refractivity contribution in [3.05, 3.63) is 289 Å². The highest BCUT2D eigenvalue weighted by atomic mass is 35.5. The Labute approximate surface area is 504 Å². The van der Waals surface area contributed by atoms with Crippen LogP contribution in [0.15, 0.2) is 273 Å². The fourth-order valence-corrected chi connectivity index (χ4v) is 13.7. The average Bonchev–Trinajstić information content (AvgIpc) is 0.966. The molecule has 0 spiro atoms. The maximum atomic E-state index is 7.39. The van der Waals surface area contributed by atoms with Crippen LogP contribution in [0.2, 0.25) is 5.02 Å². The number of rotatable bonds is 8. The van der Waals surface area contributed by atoms with Gasteiger partial charge in [0, 0.05) is 66.5 Å². The SMILES string of the molecule is CC(C)(C)c1ccc2c(c1)c1cc(C(C)(C)C)ccc1n2-c1ccc2c(c1)N(c1c(-c3ccccc3)cccc1-c1ccccc1)c1cc(-c3ccccc3)cc3c1B2c1ccc(Cl)cc1N3c1c(-c2ccccc2)cccc1-c1ccccc1. The molecule has 0 saturated carbocycles. The van der Waals surface area contributed by atoms with Gasteiger partial charge in [0.05, 0.1) is 22.4 Å². The lowest BCUT2D eigenvalue weighted by atomic mass is 9.33. The quantitative estimate of drug-likeness (QED) is 0.141. The third-order valence-corrected chi connectivity index (χ3v) is 18.0. The Bertz CT molecular complexity index is 4540. The van der Waals surface area contributed by atoms with Gasteiger partial charge >= 0.3 is 0 Å². The zero-order valence-corrected chi connectivity index (χ0v) is 49.5. The zero-order chi connectivity index (χ0) is 57.7. The number of fused-ring (bicyclic) bond motifs is 7. The van der Waals surface area contributed by atoms with Gasteiger partial charge in [-0.3, -0.25) is 0 Å². The first-order valence-corrected chi connectivity index (χ1v) is 30.1. The minimum atomic E-state index is -0.200. The van der Waals surface area contributed by atoms with Crippen molar-refractivity contribution < 1.29 is 0 Å². The molecule has 0 amide bonds. The standard InChI is InChI=1S/C80H63BClN3/c1-79(2,3)58-38-44-70-66(48-58)67-49-59(80(4,5)6)39-45-71(67)83(70)61-41-43-69-73(51-61)85(78-64(55-30-18-10-19-31-55)36-23-37-65(78)56-32-20-11-21-33-56)75-47-57(52-24-12-7-13-25-52)46-74-76(75)81(69)68-42-40-60(82)50-72(68)84(74)77-62(53-26-14-8-15-27-53)34-22-35-63(77)54-28-16-9-17-29-54/h7-51H,1-6H3. The van der Waals surface area contributed by atoms with Gasteiger partial charge in [-0.05, 0) is 132 Å². The zero-order valence-electron chi connectivity index (χ0n) is 48.8. The molecule has 5 heteroatoms. The molecule has 0 aliphatic carbocycles. The molecular formula is C80H63BClN3. The van der Waals surface area contributed by atoms with Crippen molar-refractivity contribution in [2.45, 2.75) is 52.4 Å². The van der Waals surface area contributed by atoms with E-state index in [1.165, 1.54) is 49.3 Å². The maximum Gasteiger partial charge on any atom is 0.252 e. The summed E-state index contributed by atoms with van der Waals surface area (Å²) in [5.74, 6) is 0. The molecular weight excluding hydrogens is 1050 g/mol. The lowest BCUT2D eigenvalue weighted by molar-refractivity contribution is 0.590. The second kappa shape index (κ2) is 20.3. The van der Waals surface area contributed by atoms with E-state index in [9.17, 15) is 0 Å². The summed E-state index contributed by atoms with van der Waals surface area (Å²) < 4.78 is 2.52. The molecule has 0 N–H and O–H groups in total. The highest BCUT2D eigenvalue weighted by molar-refractivity contribution is 7.00. The normalized spacial score (nSPS) is 12.8. The molecule has 0 saturated heterocycles. The number of benzene rings is 12. The molecule has 0 bridgehead atoms. The number of hydrogen-bond acceptors (Lipinski definition) is 2. The van der Waals surface area contributed by atoms with E-state index >= 15 is 0 Å². The average molecular weight is 1110 g/mol. The van der Waals surface area contributed by atoms with Crippen LogP contribution in [0.3, 0.4) is 0 Å². The van der Waals surface area contributed by atoms with Gasteiger partial charge < -0.3 is 14.4 Å². The van der Waals surface area contributed by atoms with Crippen LogP contribution in [0.25, 0.3) is 83.1 Å². The first-order chi connectivity index (χ1) is 41.4. The van der Waals surface area contributed by atoms with Crippen molar-refractivity contribution >= 4 is 90.6 Å². The van der Waals surface area contributed by atoms with E-state index in [4.69, 9.17) is 11.6 Å². The van der Waals surface area contributed by atoms with Gasteiger partial charge in [0.1, 0.15) is 0 Å². The van der Waals surface area contributed by atoms with Crippen molar-refractivity contribution in [1.82, 2.24) is 4.57 Å². The number of hydrogen-bond donors (Lipinski definition) is 0. The van der Waals surface area contributed by atoms with Crippen LogP contribution in [0.4, 0.5) is 34.1 Å². The van der Waals surface area contributed by atoms with Crippen LogP contribution in [0.5, 0.6) is 0 Å². The summed E-state index contributed by atoms with van der Waals surface area (Å²) in [4.78, 5) is 5.21. The highest BCUT2D eigenvalue weighted by Crippen LogP contribution is 2.54. The first-order valence-electron chi connectivity index (χ1n) is 29.7. The molecule has 12 aromatic carbocycles. The molecule has 15 rings (SSSR count). The summed E-state index contributed by atoms with van der Waals surface area (Å²) in [7, 11) is 0. The smallest absolute Gasteiger partial charge is 0.252 e. The summed E-state index contributed by atoms with van der Waals surface area (Å²) in [5, 5.41) is 3.20. The molecule has 13 aromatic rings. The highest BCUT2D eigenvalue weighted by Gasteiger charge is 2.45. The van der Waals surface area contributed by atoms with Gasteiger partial charge in [-0.25, -0.2) is 0 Å². The largest absolute Gasteiger partial charge is 0.310 e. The van der Waals surface area contributed by atoms with Gasteiger partial charge in [0.2, 0.25) is 0 Å². The van der Waals surface area contributed by atoms with Gasteiger partial charge in [-0.15, -0.1) is 0 Å². The number of halogens is 1. The maximum absolute atomic E-state index is 7.39. The van der Waals surface area contributed by atoms with Gasteiger partial charge in [0.15, 0.2) is 0 Å². The number of aromatic nitrogens is 1. The third kappa shape index (κ3) is 8.81. The Morgan fingerprint density at radius 2 is 0.694 bits per heavy atom.